The van der Waals surface area contributed by atoms with E-state index in [1.165, 1.54) is 5.56 Å². The number of nitrogens with zero attached hydrogens (tertiary/aromatic N) is 1. The van der Waals surface area contributed by atoms with E-state index in [-0.39, 0.29) is 18.4 Å². The predicted octanol–water partition coefficient (Wildman–Crippen LogP) is 2.33. The average molecular weight is 197 g/mol. The SMILES string of the molecule is Cc1cccc([C@H](N)CC#N)c1.Cl. The second-order valence-electron chi connectivity index (χ2n) is 2.88. The van der Waals surface area contributed by atoms with Gasteiger partial charge in [0, 0.05) is 6.04 Å². The molecule has 2 N–H and O–H groups in total. The quantitative estimate of drug-likeness (QED) is 0.790. The van der Waals surface area contributed by atoms with Gasteiger partial charge in [-0.2, -0.15) is 5.26 Å². The number of halogens is 1. The van der Waals surface area contributed by atoms with Gasteiger partial charge in [-0.15, -0.1) is 12.4 Å². The van der Waals surface area contributed by atoms with Crippen LogP contribution in [0.5, 0.6) is 0 Å². The van der Waals surface area contributed by atoms with Gasteiger partial charge in [-0.3, -0.25) is 0 Å². The summed E-state index contributed by atoms with van der Waals surface area (Å²) in [5.41, 5.74) is 7.97. The first-order valence-corrected chi connectivity index (χ1v) is 3.93. The Labute approximate surface area is 84.8 Å². The Bertz CT molecular complexity index is 304. The van der Waals surface area contributed by atoms with Crippen molar-refractivity contribution in [3.63, 3.8) is 0 Å². The van der Waals surface area contributed by atoms with E-state index in [0.717, 1.165) is 5.56 Å². The molecule has 0 bridgehead atoms. The van der Waals surface area contributed by atoms with Crippen LogP contribution in [0.4, 0.5) is 0 Å². The maximum absolute atomic E-state index is 8.44. The van der Waals surface area contributed by atoms with E-state index in [2.05, 4.69) is 6.07 Å². The molecule has 0 aliphatic carbocycles. The number of hydrogen-bond acceptors (Lipinski definition) is 2. The maximum Gasteiger partial charge on any atom is 0.0641 e. The lowest BCUT2D eigenvalue weighted by Gasteiger charge is -2.07. The van der Waals surface area contributed by atoms with E-state index in [9.17, 15) is 0 Å². The molecule has 0 amide bonds. The van der Waals surface area contributed by atoms with Crippen molar-refractivity contribution >= 4 is 12.4 Å². The highest BCUT2D eigenvalue weighted by atomic mass is 35.5. The van der Waals surface area contributed by atoms with E-state index < -0.39 is 0 Å². The minimum Gasteiger partial charge on any atom is -0.323 e. The summed E-state index contributed by atoms with van der Waals surface area (Å²) in [4.78, 5) is 0. The Morgan fingerprint density at radius 1 is 1.54 bits per heavy atom. The molecule has 0 aliphatic heterocycles. The molecule has 0 fully saturated rings. The molecule has 1 rings (SSSR count). The summed E-state index contributed by atoms with van der Waals surface area (Å²) in [5, 5.41) is 8.44. The van der Waals surface area contributed by atoms with Crippen LogP contribution in [-0.2, 0) is 0 Å². The molecule has 13 heavy (non-hydrogen) atoms. The van der Waals surface area contributed by atoms with Crippen LogP contribution in [0.3, 0.4) is 0 Å². The third-order valence-electron chi connectivity index (χ3n) is 1.78. The van der Waals surface area contributed by atoms with E-state index in [4.69, 9.17) is 11.0 Å². The third-order valence-corrected chi connectivity index (χ3v) is 1.78. The van der Waals surface area contributed by atoms with Gasteiger partial charge in [-0.25, -0.2) is 0 Å². The standard InChI is InChI=1S/C10H12N2.ClH/c1-8-3-2-4-9(7-8)10(12)5-6-11;/h2-4,7,10H,5,12H2,1H3;1H/t10-;/m1./s1. The summed E-state index contributed by atoms with van der Waals surface area (Å²) in [7, 11) is 0. The Hall–Kier alpha value is -1.04. The molecular weight excluding hydrogens is 184 g/mol. The van der Waals surface area contributed by atoms with Crippen molar-refractivity contribution in [1.82, 2.24) is 0 Å². The normalized spacial score (nSPS) is 11.2. The second-order valence-corrected chi connectivity index (χ2v) is 2.88. The Balaban J connectivity index is 0.00000144. The molecule has 0 aromatic heterocycles. The molecule has 2 nitrogen and oxygen atoms in total. The topological polar surface area (TPSA) is 49.8 Å². The monoisotopic (exact) mass is 196 g/mol. The van der Waals surface area contributed by atoms with Crippen molar-refractivity contribution in [2.24, 2.45) is 5.73 Å². The molecule has 3 heteroatoms. The summed E-state index contributed by atoms with van der Waals surface area (Å²) in [5.74, 6) is 0. The summed E-state index contributed by atoms with van der Waals surface area (Å²) in [6.07, 6.45) is 0.378. The minimum atomic E-state index is -0.144. The van der Waals surface area contributed by atoms with Crippen LogP contribution in [0.2, 0.25) is 0 Å². The van der Waals surface area contributed by atoms with Gasteiger partial charge in [0.2, 0.25) is 0 Å². The molecule has 0 saturated carbocycles. The van der Waals surface area contributed by atoms with Gasteiger partial charge in [0.25, 0.3) is 0 Å². The number of nitriles is 1. The van der Waals surface area contributed by atoms with Crippen LogP contribution in [0, 0.1) is 18.3 Å². The highest BCUT2D eigenvalue weighted by molar-refractivity contribution is 5.85. The molecule has 0 heterocycles. The molecule has 0 unspecified atom stereocenters. The Morgan fingerprint density at radius 3 is 2.77 bits per heavy atom. The van der Waals surface area contributed by atoms with Gasteiger partial charge in [0.1, 0.15) is 0 Å². The lowest BCUT2D eigenvalue weighted by atomic mass is 10.0. The minimum absolute atomic E-state index is 0. The average Bonchev–Trinajstić information content (AvgIpc) is 2.05. The zero-order valence-corrected chi connectivity index (χ0v) is 8.34. The third kappa shape index (κ3) is 3.45. The van der Waals surface area contributed by atoms with Crippen LogP contribution in [0.25, 0.3) is 0 Å². The van der Waals surface area contributed by atoms with Gasteiger partial charge < -0.3 is 5.73 Å². The largest absolute Gasteiger partial charge is 0.323 e. The zero-order chi connectivity index (χ0) is 8.97. The highest BCUT2D eigenvalue weighted by Gasteiger charge is 2.03. The van der Waals surface area contributed by atoms with Gasteiger partial charge in [-0.05, 0) is 12.5 Å². The number of benzene rings is 1. The van der Waals surface area contributed by atoms with Crippen molar-refractivity contribution in [1.29, 1.82) is 5.26 Å². The fraction of sp³-hybridized carbons (Fsp3) is 0.300. The molecule has 1 atom stereocenters. The molecule has 0 spiro atoms. The van der Waals surface area contributed by atoms with Crippen molar-refractivity contribution < 1.29 is 0 Å². The van der Waals surface area contributed by atoms with Crippen molar-refractivity contribution in [2.45, 2.75) is 19.4 Å². The summed E-state index contributed by atoms with van der Waals surface area (Å²) in [6.45, 7) is 2.02. The first-order chi connectivity index (χ1) is 5.74. The first-order valence-electron chi connectivity index (χ1n) is 3.93. The summed E-state index contributed by atoms with van der Waals surface area (Å²) in [6, 6.07) is 9.86. The smallest absolute Gasteiger partial charge is 0.0641 e. The molecule has 1 aromatic carbocycles. The van der Waals surface area contributed by atoms with Crippen LogP contribution in [0.1, 0.15) is 23.6 Å². The zero-order valence-electron chi connectivity index (χ0n) is 7.53. The van der Waals surface area contributed by atoms with Crippen LogP contribution in [0.15, 0.2) is 24.3 Å². The molecule has 1 aromatic rings. The number of rotatable bonds is 2. The lowest BCUT2D eigenvalue weighted by Crippen LogP contribution is -2.08. The fourth-order valence-electron chi connectivity index (χ4n) is 1.12. The molecular formula is C10H13ClN2. The van der Waals surface area contributed by atoms with Crippen LogP contribution >= 0.6 is 12.4 Å². The highest BCUT2D eigenvalue weighted by Crippen LogP contribution is 2.14. The van der Waals surface area contributed by atoms with Gasteiger partial charge >= 0.3 is 0 Å². The Morgan fingerprint density at radius 2 is 2.23 bits per heavy atom. The van der Waals surface area contributed by atoms with E-state index in [1.807, 2.05) is 31.2 Å². The van der Waals surface area contributed by atoms with Crippen LogP contribution < -0.4 is 5.73 Å². The van der Waals surface area contributed by atoms with Crippen molar-refractivity contribution in [2.75, 3.05) is 0 Å². The van der Waals surface area contributed by atoms with Crippen molar-refractivity contribution in [3.05, 3.63) is 35.4 Å². The molecule has 70 valence electrons. The van der Waals surface area contributed by atoms with Gasteiger partial charge in [-0.1, -0.05) is 29.8 Å². The second kappa shape index (κ2) is 5.58. The number of aryl methyl sites for hydroxylation is 1. The molecule has 0 aliphatic rings. The number of hydrogen-bond donors (Lipinski definition) is 1. The van der Waals surface area contributed by atoms with E-state index in [0.29, 0.717) is 6.42 Å². The maximum atomic E-state index is 8.44. The van der Waals surface area contributed by atoms with Gasteiger partial charge in [0.15, 0.2) is 0 Å². The van der Waals surface area contributed by atoms with Crippen LogP contribution in [-0.4, -0.2) is 0 Å². The molecule has 0 radical (unpaired) electrons. The summed E-state index contributed by atoms with van der Waals surface area (Å²) >= 11 is 0. The van der Waals surface area contributed by atoms with E-state index in [1.54, 1.807) is 0 Å². The first kappa shape index (κ1) is 12.0. The fourth-order valence-corrected chi connectivity index (χ4v) is 1.12. The van der Waals surface area contributed by atoms with Crippen molar-refractivity contribution in [3.8, 4) is 6.07 Å². The molecule has 0 saturated heterocycles. The van der Waals surface area contributed by atoms with E-state index >= 15 is 0 Å². The summed E-state index contributed by atoms with van der Waals surface area (Å²) < 4.78 is 0. The Kier molecular flexibility index (Phi) is 5.13. The number of nitrogens with two attached hydrogens (primary N) is 1. The van der Waals surface area contributed by atoms with Gasteiger partial charge in [0.05, 0.1) is 12.5 Å². The lowest BCUT2D eigenvalue weighted by molar-refractivity contribution is 0.748. The predicted molar refractivity (Wildman–Crippen MR) is 55.6 cm³/mol.